The number of hydrogen-bond donors (Lipinski definition) is 2. The molecule has 2 aliphatic heterocycles. The Hall–Kier alpha value is -3.52. The third-order valence-electron chi connectivity index (χ3n) is 5.87. The van der Waals surface area contributed by atoms with Crippen molar-refractivity contribution in [2.75, 3.05) is 51.8 Å². The number of carbonyl (C=O) groups is 2. The third kappa shape index (κ3) is 4.55. The van der Waals surface area contributed by atoms with Crippen LogP contribution in [0.2, 0.25) is 0 Å². The first-order valence-electron chi connectivity index (χ1n) is 10.6. The van der Waals surface area contributed by atoms with Gasteiger partial charge >= 0.3 is 12.0 Å². The van der Waals surface area contributed by atoms with E-state index in [9.17, 15) is 9.59 Å². The minimum absolute atomic E-state index is 0.325. The third-order valence-corrected chi connectivity index (χ3v) is 5.87. The number of amides is 2. The van der Waals surface area contributed by atoms with Crippen LogP contribution in [-0.4, -0.2) is 63.8 Å². The van der Waals surface area contributed by atoms with Gasteiger partial charge in [-0.25, -0.2) is 9.59 Å². The largest absolute Gasteiger partial charge is 0.495 e. The van der Waals surface area contributed by atoms with E-state index in [0.717, 1.165) is 43.2 Å². The van der Waals surface area contributed by atoms with Crippen LogP contribution in [0.15, 0.2) is 65.9 Å². The van der Waals surface area contributed by atoms with E-state index >= 15 is 0 Å². The van der Waals surface area contributed by atoms with E-state index in [2.05, 4.69) is 26.5 Å². The van der Waals surface area contributed by atoms with Crippen LogP contribution in [0.25, 0.3) is 0 Å². The number of carbonyl (C=O) groups excluding carboxylic acids is 2. The molecule has 2 N–H and O–H groups in total. The molecule has 8 nitrogen and oxygen atoms in total. The zero-order valence-electron chi connectivity index (χ0n) is 18.3. The minimum Gasteiger partial charge on any atom is -0.495 e. The first-order valence-corrected chi connectivity index (χ1v) is 10.6. The fraction of sp³-hybridized carbons (Fsp3) is 0.333. The number of urea groups is 1. The maximum atomic E-state index is 12.7. The zero-order chi connectivity index (χ0) is 22.5. The summed E-state index contributed by atoms with van der Waals surface area (Å²) in [6.45, 7) is 3.66. The number of nitrogens with one attached hydrogen (secondary N) is 2. The molecule has 2 heterocycles. The van der Waals surface area contributed by atoms with E-state index < -0.39 is 12.0 Å². The Morgan fingerprint density at radius 1 is 1.00 bits per heavy atom. The summed E-state index contributed by atoms with van der Waals surface area (Å²) in [7, 11) is 3.04. The Morgan fingerprint density at radius 2 is 1.69 bits per heavy atom. The van der Waals surface area contributed by atoms with Crippen LogP contribution in [0, 0.1) is 0 Å². The van der Waals surface area contributed by atoms with Crippen LogP contribution in [0.4, 0.5) is 10.5 Å². The first kappa shape index (κ1) is 21.7. The second-order valence-electron chi connectivity index (χ2n) is 7.76. The summed E-state index contributed by atoms with van der Waals surface area (Å²) in [5.41, 5.74) is 2.93. The summed E-state index contributed by atoms with van der Waals surface area (Å²) in [5, 5.41) is 5.70. The lowest BCUT2D eigenvalue weighted by Crippen LogP contribution is -2.51. The molecule has 8 heteroatoms. The highest BCUT2D eigenvalue weighted by Crippen LogP contribution is 2.30. The Kier molecular flexibility index (Phi) is 6.61. The summed E-state index contributed by atoms with van der Waals surface area (Å²) in [5.74, 6) is 0.405. The average molecular weight is 437 g/mol. The molecule has 4 rings (SSSR count). The van der Waals surface area contributed by atoms with Gasteiger partial charge in [0.2, 0.25) is 0 Å². The predicted octanol–water partition coefficient (Wildman–Crippen LogP) is 2.30. The lowest BCUT2D eigenvalue weighted by molar-refractivity contribution is -0.136. The molecule has 1 fully saturated rings. The van der Waals surface area contributed by atoms with E-state index in [4.69, 9.17) is 9.47 Å². The van der Waals surface area contributed by atoms with Crippen LogP contribution >= 0.6 is 0 Å². The van der Waals surface area contributed by atoms with Crippen LogP contribution in [0.5, 0.6) is 5.75 Å². The number of esters is 1. The van der Waals surface area contributed by atoms with Gasteiger partial charge in [0.05, 0.1) is 31.5 Å². The lowest BCUT2D eigenvalue weighted by atomic mass is 9.95. The van der Waals surface area contributed by atoms with Gasteiger partial charge in [-0.2, -0.15) is 0 Å². The Bertz CT molecular complexity index is 1000. The normalized spacial score (nSPS) is 19.2. The number of rotatable bonds is 6. The Morgan fingerprint density at radius 3 is 2.38 bits per heavy atom. The number of piperazine rings is 1. The van der Waals surface area contributed by atoms with Crippen molar-refractivity contribution in [2.24, 2.45) is 0 Å². The summed E-state index contributed by atoms with van der Waals surface area (Å²) < 4.78 is 10.6. The van der Waals surface area contributed by atoms with Crippen molar-refractivity contribution in [2.45, 2.75) is 6.04 Å². The number of ether oxygens (including phenoxy) is 2. The van der Waals surface area contributed by atoms with Gasteiger partial charge < -0.3 is 25.0 Å². The number of anilines is 1. The molecule has 2 aromatic rings. The summed E-state index contributed by atoms with van der Waals surface area (Å²) in [6.07, 6.45) is 0. The second-order valence-corrected chi connectivity index (χ2v) is 7.76. The number of nitrogens with zero attached hydrogens (tertiary/aromatic N) is 2. The smallest absolute Gasteiger partial charge is 0.338 e. The SMILES string of the molecule is COC(=O)C1=C(CN2CCN(c3ccccc3OC)CC2)NC(=O)N[C@H]1c1ccccc1. The number of benzene rings is 2. The van der Waals surface area contributed by atoms with E-state index in [-0.39, 0.29) is 6.03 Å². The molecular weight excluding hydrogens is 408 g/mol. The molecule has 2 amide bonds. The fourth-order valence-electron chi connectivity index (χ4n) is 4.25. The Labute approximate surface area is 187 Å². The molecule has 1 saturated heterocycles. The van der Waals surface area contributed by atoms with E-state index in [1.54, 1.807) is 7.11 Å². The maximum absolute atomic E-state index is 12.7. The summed E-state index contributed by atoms with van der Waals surface area (Å²) in [4.78, 5) is 29.6. The summed E-state index contributed by atoms with van der Waals surface area (Å²) >= 11 is 0. The molecule has 0 bridgehead atoms. The molecule has 32 heavy (non-hydrogen) atoms. The van der Waals surface area contributed by atoms with Gasteiger partial charge in [0, 0.05) is 38.4 Å². The number of hydrogen-bond acceptors (Lipinski definition) is 6. The van der Waals surface area contributed by atoms with Gasteiger partial charge in [0.1, 0.15) is 5.75 Å². The first-order chi connectivity index (χ1) is 15.6. The quantitative estimate of drug-likeness (QED) is 0.677. The van der Waals surface area contributed by atoms with Gasteiger partial charge in [0.25, 0.3) is 0 Å². The molecule has 2 aliphatic rings. The molecule has 0 saturated carbocycles. The number of methoxy groups -OCH3 is 2. The topological polar surface area (TPSA) is 83.1 Å². The highest BCUT2D eigenvalue weighted by molar-refractivity contribution is 5.95. The van der Waals surface area contributed by atoms with Crippen LogP contribution in [-0.2, 0) is 9.53 Å². The van der Waals surface area contributed by atoms with Crippen LogP contribution in [0.1, 0.15) is 11.6 Å². The van der Waals surface area contributed by atoms with Crippen molar-refractivity contribution in [1.82, 2.24) is 15.5 Å². The minimum atomic E-state index is -0.553. The molecule has 0 unspecified atom stereocenters. The second kappa shape index (κ2) is 9.74. The standard InChI is InChI=1S/C24H28N4O4/c1-31-20-11-7-6-10-19(20)28-14-12-27(13-15-28)16-18-21(23(29)32-2)22(26-24(30)25-18)17-8-4-3-5-9-17/h3-11,22H,12-16H2,1-2H3,(H2,25,26,30)/t22-/m0/s1. The van der Waals surface area contributed by atoms with Gasteiger partial charge in [-0.3, -0.25) is 4.90 Å². The lowest BCUT2D eigenvalue weighted by Gasteiger charge is -2.38. The monoisotopic (exact) mass is 436 g/mol. The van der Waals surface area contributed by atoms with Crippen molar-refractivity contribution in [3.05, 3.63) is 71.4 Å². The molecule has 168 valence electrons. The van der Waals surface area contributed by atoms with Crippen LogP contribution in [0.3, 0.4) is 0 Å². The van der Waals surface area contributed by atoms with Crippen molar-refractivity contribution in [1.29, 1.82) is 0 Å². The highest BCUT2D eigenvalue weighted by Gasteiger charge is 2.34. The molecule has 0 spiro atoms. The van der Waals surface area contributed by atoms with Gasteiger partial charge in [-0.1, -0.05) is 42.5 Å². The molecule has 0 aliphatic carbocycles. The van der Waals surface area contributed by atoms with E-state index in [1.807, 2.05) is 48.5 Å². The molecule has 1 atom stereocenters. The van der Waals surface area contributed by atoms with Gasteiger partial charge in [0.15, 0.2) is 0 Å². The maximum Gasteiger partial charge on any atom is 0.338 e. The molecular formula is C24H28N4O4. The zero-order valence-corrected chi connectivity index (χ0v) is 18.3. The highest BCUT2D eigenvalue weighted by atomic mass is 16.5. The van der Waals surface area contributed by atoms with Crippen molar-refractivity contribution in [3.63, 3.8) is 0 Å². The van der Waals surface area contributed by atoms with Gasteiger partial charge in [-0.15, -0.1) is 0 Å². The van der Waals surface area contributed by atoms with Gasteiger partial charge in [-0.05, 0) is 17.7 Å². The summed E-state index contributed by atoms with van der Waals surface area (Å²) in [6, 6.07) is 16.6. The fourth-order valence-corrected chi connectivity index (χ4v) is 4.25. The average Bonchev–Trinajstić information content (AvgIpc) is 2.84. The van der Waals surface area contributed by atoms with E-state index in [0.29, 0.717) is 17.8 Å². The van der Waals surface area contributed by atoms with Crippen molar-refractivity contribution >= 4 is 17.7 Å². The molecule has 0 aromatic heterocycles. The number of para-hydroxylation sites is 2. The van der Waals surface area contributed by atoms with Crippen molar-refractivity contribution < 1.29 is 19.1 Å². The Balaban J connectivity index is 1.53. The van der Waals surface area contributed by atoms with E-state index in [1.165, 1.54) is 7.11 Å². The molecule has 2 aromatic carbocycles. The molecule has 0 radical (unpaired) electrons. The van der Waals surface area contributed by atoms with Crippen molar-refractivity contribution in [3.8, 4) is 5.75 Å². The van der Waals surface area contributed by atoms with Crippen LogP contribution < -0.4 is 20.3 Å². The predicted molar refractivity (Wildman–Crippen MR) is 122 cm³/mol.